The number of nitriles is 1. The van der Waals surface area contributed by atoms with E-state index in [0.29, 0.717) is 6.07 Å². The van der Waals surface area contributed by atoms with Crippen LogP contribution in [0.15, 0.2) is 65.6 Å². The minimum absolute atomic E-state index is 0.0147. The third kappa shape index (κ3) is 5.98. The third-order valence-electron chi connectivity index (χ3n) is 4.29. The number of nitrogens with one attached hydrogen (secondary N) is 2. The van der Waals surface area contributed by atoms with Crippen LogP contribution < -0.4 is 14.8 Å². The highest BCUT2D eigenvalue weighted by atomic mass is 35.5. The summed E-state index contributed by atoms with van der Waals surface area (Å²) >= 11 is 5.60. The number of amides is 1. The molecule has 0 aliphatic heterocycles. The van der Waals surface area contributed by atoms with Crippen molar-refractivity contribution in [2.24, 2.45) is 0 Å². The molecule has 3 aromatic rings. The Hall–Kier alpha value is -3.75. The first-order chi connectivity index (χ1) is 15.9. The average molecular weight is 510 g/mol. The molecule has 176 valence electrons. The first-order valence-electron chi connectivity index (χ1n) is 9.38. The number of carbonyl (C=O) groups is 1. The van der Waals surface area contributed by atoms with E-state index >= 15 is 0 Å². The summed E-state index contributed by atoms with van der Waals surface area (Å²) in [5, 5.41) is 11.4. The Morgan fingerprint density at radius 3 is 2.44 bits per heavy atom. The quantitative estimate of drug-likeness (QED) is 0.437. The van der Waals surface area contributed by atoms with Crippen LogP contribution >= 0.6 is 11.6 Å². The maximum Gasteiger partial charge on any atom is 0.417 e. The first kappa shape index (κ1) is 24.9. The lowest BCUT2D eigenvalue weighted by Crippen LogP contribution is -2.14. The molecule has 3 aromatic carbocycles. The normalized spacial score (nSPS) is 11.4. The highest BCUT2D eigenvalue weighted by molar-refractivity contribution is 7.92. The molecule has 0 heterocycles. The molecule has 0 fully saturated rings. The van der Waals surface area contributed by atoms with Crippen LogP contribution in [0, 0.1) is 11.3 Å². The molecule has 0 aliphatic rings. The number of nitrogens with zero attached hydrogens (tertiary/aromatic N) is 1. The van der Waals surface area contributed by atoms with E-state index in [1.165, 1.54) is 55.5 Å². The van der Waals surface area contributed by atoms with Gasteiger partial charge < -0.3 is 10.1 Å². The van der Waals surface area contributed by atoms with E-state index in [2.05, 4.69) is 10.0 Å². The standard InChI is InChI=1S/C22H15ClF3N3O4S/c1-13(30)28-15-3-2-4-18(10-15)34(31,32)29-16-5-8-21(14(9-16)12-27)33-17-6-7-20(23)19(11-17)22(24,25)26/h2-11,29H,1H3,(H,28,30). The fourth-order valence-electron chi connectivity index (χ4n) is 2.84. The lowest BCUT2D eigenvalue weighted by Gasteiger charge is -2.14. The lowest BCUT2D eigenvalue weighted by atomic mass is 10.2. The molecule has 0 unspecified atom stereocenters. The summed E-state index contributed by atoms with van der Waals surface area (Å²) in [6.45, 7) is 1.28. The van der Waals surface area contributed by atoms with Crippen molar-refractivity contribution in [1.82, 2.24) is 0 Å². The summed E-state index contributed by atoms with van der Waals surface area (Å²) in [6, 6.07) is 14.0. The van der Waals surface area contributed by atoms with Gasteiger partial charge in [-0.05, 0) is 54.6 Å². The van der Waals surface area contributed by atoms with Crippen molar-refractivity contribution < 1.29 is 31.1 Å². The van der Waals surface area contributed by atoms with Gasteiger partial charge in [0.05, 0.1) is 26.7 Å². The van der Waals surface area contributed by atoms with E-state index in [1.54, 1.807) is 0 Å². The van der Waals surface area contributed by atoms with Crippen molar-refractivity contribution >= 4 is 38.9 Å². The number of hydrogen-bond donors (Lipinski definition) is 2. The predicted molar refractivity (Wildman–Crippen MR) is 119 cm³/mol. The van der Waals surface area contributed by atoms with Crippen LogP contribution in [-0.2, 0) is 21.0 Å². The molecule has 0 saturated heterocycles. The van der Waals surface area contributed by atoms with E-state index in [0.717, 1.165) is 6.07 Å². The molecule has 0 radical (unpaired) electrons. The Balaban J connectivity index is 1.86. The fraction of sp³-hybridized carbons (Fsp3) is 0.0909. The van der Waals surface area contributed by atoms with E-state index in [-0.39, 0.29) is 39.2 Å². The molecule has 3 rings (SSSR count). The largest absolute Gasteiger partial charge is 0.456 e. The number of benzene rings is 3. The van der Waals surface area contributed by atoms with Gasteiger partial charge in [-0.1, -0.05) is 17.7 Å². The molecular weight excluding hydrogens is 495 g/mol. The van der Waals surface area contributed by atoms with Crippen LogP contribution in [-0.4, -0.2) is 14.3 Å². The fourth-order valence-corrected chi connectivity index (χ4v) is 4.16. The first-order valence-corrected chi connectivity index (χ1v) is 11.2. The SMILES string of the molecule is CC(=O)Nc1cccc(S(=O)(=O)Nc2ccc(Oc3ccc(Cl)c(C(F)(F)F)c3)c(C#N)c2)c1. The van der Waals surface area contributed by atoms with Gasteiger partial charge in [0.2, 0.25) is 5.91 Å². The topological polar surface area (TPSA) is 108 Å². The number of alkyl halides is 3. The van der Waals surface area contributed by atoms with Crippen molar-refractivity contribution in [2.75, 3.05) is 10.0 Å². The molecule has 1 amide bonds. The second kappa shape index (κ2) is 9.62. The zero-order valence-electron chi connectivity index (χ0n) is 17.3. The molecular formula is C22H15ClF3N3O4S. The van der Waals surface area contributed by atoms with Gasteiger partial charge in [-0.3, -0.25) is 9.52 Å². The van der Waals surface area contributed by atoms with Crippen molar-refractivity contribution in [3.8, 4) is 17.6 Å². The molecule has 0 aromatic heterocycles. The Kier molecular flexibility index (Phi) is 7.04. The minimum atomic E-state index is -4.70. The summed E-state index contributed by atoms with van der Waals surface area (Å²) in [5.41, 5.74) is -0.939. The van der Waals surface area contributed by atoms with Gasteiger partial charge in [-0.25, -0.2) is 8.42 Å². The lowest BCUT2D eigenvalue weighted by molar-refractivity contribution is -0.137. The molecule has 34 heavy (non-hydrogen) atoms. The predicted octanol–water partition coefficient (Wildman–Crippen LogP) is 5.78. The summed E-state index contributed by atoms with van der Waals surface area (Å²) in [6.07, 6.45) is -4.70. The van der Waals surface area contributed by atoms with Crippen molar-refractivity contribution in [2.45, 2.75) is 18.0 Å². The Morgan fingerprint density at radius 1 is 1.06 bits per heavy atom. The summed E-state index contributed by atoms with van der Waals surface area (Å²) in [4.78, 5) is 11.1. The van der Waals surface area contributed by atoms with E-state index in [1.807, 2.05) is 6.07 Å². The number of ether oxygens (including phenoxy) is 1. The van der Waals surface area contributed by atoms with Crippen molar-refractivity contribution in [3.63, 3.8) is 0 Å². The smallest absolute Gasteiger partial charge is 0.417 e. The molecule has 12 heteroatoms. The summed E-state index contributed by atoms with van der Waals surface area (Å²) < 4.78 is 72.4. The van der Waals surface area contributed by atoms with Gasteiger partial charge in [0.25, 0.3) is 10.0 Å². The van der Waals surface area contributed by atoms with Crippen LogP contribution in [0.4, 0.5) is 24.5 Å². The molecule has 7 nitrogen and oxygen atoms in total. The minimum Gasteiger partial charge on any atom is -0.456 e. The second-order valence-electron chi connectivity index (χ2n) is 6.88. The third-order valence-corrected chi connectivity index (χ3v) is 6.00. The van der Waals surface area contributed by atoms with Crippen LogP contribution in [0.25, 0.3) is 0 Å². The molecule has 0 aliphatic carbocycles. The van der Waals surface area contributed by atoms with Gasteiger partial charge in [-0.2, -0.15) is 18.4 Å². The van der Waals surface area contributed by atoms with E-state index in [9.17, 15) is 31.6 Å². The molecule has 0 spiro atoms. The average Bonchev–Trinajstić information content (AvgIpc) is 2.75. The van der Waals surface area contributed by atoms with Crippen LogP contribution in [0.5, 0.6) is 11.5 Å². The molecule has 0 atom stereocenters. The highest BCUT2D eigenvalue weighted by Gasteiger charge is 2.33. The number of sulfonamides is 1. The summed E-state index contributed by atoms with van der Waals surface area (Å²) in [5.74, 6) is -0.676. The monoisotopic (exact) mass is 509 g/mol. The maximum absolute atomic E-state index is 13.1. The number of anilines is 2. The maximum atomic E-state index is 13.1. The highest BCUT2D eigenvalue weighted by Crippen LogP contribution is 2.38. The van der Waals surface area contributed by atoms with Gasteiger partial charge in [0.15, 0.2) is 0 Å². The van der Waals surface area contributed by atoms with Crippen LogP contribution in [0.3, 0.4) is 0 Å². The number of rotatable bonds is 6. The van der Waals surface area contributed by atoms with Gasteiger partial charge in [0.1, 0.15) is 17.6 Å². The molecule has 0 bridgehead atoms. The zero-order valence-corrected chi connectivity index (χ0v) is 18.8. The van der Waals surface area contributed by atoms with E-state index < -0.39 is 26.8 Å². The van der Waals surface area contributed by atoms with Crippen molar-refractivity contribution in [3.05, 3.63) is 76.8 Å². The number of carbonyl (C=O) groups excluding carboxylic acids is 1. The Labute approximate surface area is 197 Å². The zero-order chi connectivity index (χ0) is 25.1. The number of hydrogen-bond acceptors (Lipinski definition) is 5. The molecule has 2 N–H and O–H groups in total. The Morgan fingerprint density at radius 2 is 1.79 bits per heavy atom. The van der Waals surface area contributed by atoms with Gasteiger partial charge >= 0.3 is 6.18 Å². The van der Waals surface area contributed by atoms with E-state index in [4.69, 9.17) is 16.3 Å². The van der Waals surface area contributed by atoms with Gasteiger partial charge in [-0.15, -0.1) is 0 Å². The van der Waals surface area contributed by atoms with Crippen LogP contribution in [0.1, 0.15) is 18.1 Å². The van der Waals surface area contributed by atoms with Crippen molar-refractivity contribution in [1.29, 1.82) is 5.26 Å². The van der Waals surface area contributed by atoms with Gasteiger partial charge in [0, 0.05) is 12.6 Å². The second-order valence-corrected chi connectivity index (χ2v) is 8.97. The molecule has 0 saturated carbocycles. The van der Waals surface area contributed by atoms with Crippen LogP contribution in [0.2, 0.25) is 5.02 Å². The Bertz CT molecular complexity index is 1400. The number of halogens is 4. The summed E-state index contributed by atoms with van der Waals surface area (Å²) in [7, 11) is -4.09.